The summed E-state index contributed by atoms with van der Waals surface area (Å²) in [4.78, 5) is 19.5. The molecule has 3 saturated heterocycles. The van der Waals surface area contributed by atoms with Crippen LogP contribution in [-0.2, 0) is 16.1 Å². The summed E-state index contributed by atoms with van der Waals surface area (Å²) in [5.74, 6) is 0.204. The van der Waals surface area contributed by atoms with E-state index in [1.165, 1.54) is 5.56 Å². The van der Waals surface area contributed by atoms with E-state index in [-0.39, 0.29) is 18.1 Å². The number of rotatable bonds is 3. The summed E-state index contributed by atoms with van der Waals surface area (Å²) in [6.45, 7) is 5.53. The van der Waals surface area contributed by atoms with E-state index >= 15 is 0 Å². The fraction of sp³-hybridized carbons (Fsp3) is 0.722. The number of likely N-dealkylation sites (tertiary alicyclic amines) is 1. The van der Waals surface area contributed by atoms with Crippen molar-refractivity contribution < 1.29 is 13.9 Å². The Morgan fingerprint density at radius 3 is 2.75 bits per heavy atom. The SMILES string of the molecule is CN1CCN(C(=O)[C@@H]2CC[C@H]3[C@H](CCN3Cc3ccoc3)O2)CC1. The van der Waals surface area contributed by atoms with Crippen LogP contribution < -0.4 is 0 Å². The van der Waals surface area contributed by atoms with Crippen LogP contribution in [0.2, 0.25) is 0 Å². The molecule has 1 amide bonds. The molecule has 0 spiro atoms. The summed E-state index contributed by atoms with van der Waals surface area (Å²) in [6, 6.07) is 2.47. The van der Waals surface area contributed by atoms with Gasteiger partial charge in [-0.1, -0.05) is 0 Å². The number of likely N-dealkylation sites (N-methyl/N-ethyl adjacent to an activating group) is 1. The van der Waals surface area contributed by atoms with Gasteiger partial charge in [0.15, 0.2) is 0 Å². The van der Waals surface area contributed by atoms with E-state index in [2.05, 4.69) is 16.8 Å². The molecule has 0 N–H and O–H groups in total. The first-order chi connectivity index (χ1) is 11.7. The van der Waals surface area contributed by atoms with Crippen molar-refractivity contribution in [2.45, 2.75) is 44.1 Å². The quantitative estimate of drug-likeness (QED) is 0.831. The summed E-state index contributed by atoms with van der Waals surface area (Å²) >= 11 is 0. The van der Waals surface area contributed by atoms with Crippen LogP contribution in [0.15, 0.2) is 23.0 Å². The highest BCUT2D eigenvalue weighted by Gasteiger charge is 2.42. The number of hydrogen-bond acceptors (Lipinski definition) is 5. The molecule has 0 bridgehead atoms. The Hall–Kier alpha value is -1.37. The highest BCUT2D eigenvalue weighted by atomic mass is 16.5. The largest absolute Gasteiger partial charge is 0.472 e. The molecule has 3 aliphatic heterocycles. The third-order valence-electron chi connectivity index (χ3n) is 5.72. The highest BCUT2D eigenvalue weighted by molar-refractivity contribution is 5.81. The zero-order valence-corrected chi connectivity index (χ0v) is 14.4. The molecule has 4 rings (SSSR count). The van der Waals surface area contributed by atoms with Gasteiger partial charge in [-0.15, -0.1) is 0 Å². The third-order valence-corrected chi connectivity index (χ3v) is 5.72. The fourth-order valence-electron chi connectivity index (χ4n) is 4.24. The number of carbonyl (C=O) groups is 1. The maximum atomic E-state index is 12.7. The second-order valence-corrected chi connectivity index (χ2v) is 7.33. The van der Waals surface area contributed by atoms with Crippen LogP contribution in [-0.4, -0.2) is 78.6 Å². The Balaban J connectivity index is 1.33. The summed E-state index contributed by atoms with van der Waals surface area (Å²) < 4.78 is 11.4. The van der Waals surface area contributed by atoms with Gasteiger partial charge in [-0.3, -0.25) is 9.69 Å². The number of nitrogens with zero attached hydrogens (tertiary/aromatic N) is 3. The first kappa shape index (κ1) is 16.1. The molecular weight excluding hydrogens is 306 g/mol. The van der Waals surface area contributed by atoms with Crippen LogP contribution in [0.4, 0.5) is 0 Å². The van der Waals surface area contributed by atoms with Gasteiger partial charge in [0.25, 0.3) is 5.91 Å². The van der Waals surface area contributed by atoms with Crippen molar-refractivity contribution in [2.24, 2.45) is 0 Å². The molecule has 3 fully saturated rings. The molecule has 0 aromatic carbocycles. The highest BCUT2D eigenvalue weighted by Crippen LogP contribution is 2.33. The summed E-state index contributed by atoms with van der Waals surface area (Å²) in [5.41, 5.74) is 1.21. The predicted octanol–water partition coefficient (Wildman–Crippen LogP) is 1.18. The number of amides is 1. The maximum Gasteiger partial charge on any atom is 0.251 e. The Bertz CT molecular complexity index is 554. The second kappa shape index (κ2) is 6.86. The molecule has 3 aliphatic rings. The number of hydrogen-bond donors (Lipinski definition) is 0. The van der Waals surface area contributed by atoms with Gasteiger partial charge in [0.05, 0.1) is 18.6 Å². The standard InChI is InChI=1S/C18H27N3O3/c1-19-7-9-20(10-8-19)18(22)17-3-2-15-16(24-17)4-6-21(15)12-14-5-11-23-13-14/h5,11,13,15-17H,2-4,6-10,12H2,1H3/t15-,16-,17-/m0/s1. The minimum atomic E-state index is -0.233. The second-order valence-electron chi connectivity index (χ2n) is 7.33. The minimum absolute atomic E-state index is 0.201. The normalized spacial score (nSPS) is 32.0. The molecule has 1 aromatic heterocycles. The zero-order chi connectivity index (χ0) is 16.5. The van der Waals surface area contributed by atoms with Gasteiger partial charge in [-0.05, 0) is 32.4 Å². The van der Waals surface area contributed by atoms with E-state index in [0.717, 1.165) is 58.5 Å². The van der Waals surface area contributed by atoms with E-state index in [1.807, 2.05) is 17.2 Å². The number of furan rings is 1. The molecule has 132 valence electrons. The average molecular weight is 333 g/mol. The van der Waals surface area contributed by atoms with E-state index in [4.69, 9.17) is 9.15 Å². The van der Waals surface area contributed by atoms with Gasteiger partial charge in [-0.2, -0.15) is 0 Å². The molecule has 6 heteroatoms. The van der Waals surface area contributed by atoms with E-state index in [0.29, 0.717) is 6.04 Å². The third kappa shape index (κ3) is 3.23. The Kier molecular flexibility index (Phi) is 4.61. The molecule has 4 heterocycles. The van der Waals surface area contributed by atoms with Crippen molar-refractivity contribution in [3.63, 3.8) is 0 Å². The molecule has 3 atom stereocenters. The molecule has 0 saturated carbocycles. The maximum absolute atomic E-state index is 12.7. The van der Waals surface area contributed by atoms with Crippen LogP contribution in [0.5, 0.6) is 0 Å². The van der Waals surface area contributed by atoms with E-state index in [1.54, 1.807) is 6.26 Å². The first-order valence-electron chi connectivity index (χ1n) is 9.08. The molecule has 0 unspecified atom stereocenters. The zero-order valence-electron chi connectivity index (χ0n) is 14.4. The van der Waals surface area contributed by atoms with Crippen LogP contribution in [0, 0.1) is 0 Å². The molecule has 1 aromatic rings. The lowest BCUT2D eigenvalue weighted by Gasteiger charge is -2.39. The summed E-state index contributed by atoms with van der Waals surface area (Å²) in [7, 11) is 2.11. The smallest absolute Gasteiger partial charge is 0.251 e. The van der Waals surface area contributed by atoms with Gasteiger partial charge >= 0.3 is 0 Å². The Morgan fingerprint density at radius 1 is 1.17 bits per heavy atom. The van der Waals surface area contributed by atoms with Crippen LogP contribution >= 0.6 is 0 Å². The van der Waals surface area contributed by atoms with Gasteiger partial charge in [-0.25, -0.2) is 0 Å². The van der Waals surface area contributed by atoms with Gasteiger partial charge < -0.3 is 19.0 Å². The van der Waals surface area contributed by atoms with Crippen molar-refractivity contribution in [1.82, 2.24) is 14.7 Å². The van der Waals surface area contributed by atoms with E-state index < -0.39 is 0 Å². The molecule has 24 heavy (non-hydrogen) atoms. The fourth-order valence-corrected chi connectivity index (χ4v) is 4.24. The lowest BCUT2D eigenvalue weighted by Crippen LogP contribution is -2.53. The summed E-state index contributed by atoms with van der Waals surface area (Å²) in [5, 5.41) is 0. The van der Waals surface area contributed by atoms with Crippen molar-refractivity contribution in [1.29, 1.82) is 0 Å². The first-order valence-corrected chi connectivity index (χ1v) is 9.08. The van der Waals surface area contributed by atoms with E-state index in [9.17, 15) is 4.79 Å². The monoisotopic (exact) mass is 333 g/mol. The Morgan fingerprint density at radius 2 is 2.00 bits per heavy atom. The predicted molar refractivity (Wildman–Crippen MR) is 89.5 cm³/mol. The van der Waals surface area contributed by atoms with Crippen molar-refractivity contribution in [3.05, 3.63) is 24.2 Å². The number of carbonyl (C=O) groups excluding carboxylic acids is 1. The Labute approximate surface area is 143 Å². The topological polar surface area (TPSA) is 49.2 Å². The molecular formula is C18H27N3O3. The number of piperazine rings is 1. The van der Waals surface area contributed by atoms with Crippen LogP contribution in [0.1, 0.15) is 24.8 Å². The lowest BCUT2D eigenvalue weighted by atomic mass is 9.98. The van der Waals surface area contributed by atoms with Crippen molar-refractivity contribution in [2.75, 3.05) is 39.8 Å². The van der Waals surface area contributed by atoms with Gasteiger partial charge in [0, 0.05) is 50.9 Å². The molecule has 6 nitrogen and oxygen atoms in total. The van der Waals surface area contributed by atoms with Gasteiger partial charge in [0.1, 0.15) is 6.10 Å². The molecule has 0 aliphatic carbocycles. The van der Waals surface area contributed by atoms with Crippen molar-refractivity contribution in [3.8, 4) is 0 Å². The lowest BCUT2D eigenvalue weighted by molar-refractivity contribution is -0.156. The number of fused-ring (bicyclic) bond motifs is 1. The average Bonchev–Trinajstić information content (AvgIpc) is 3.25. The van der Waals surface area contributed by atoms with Crippen LogP contribution in [0.25, 0.3) is 0 Å². The number of ether oxygens (including phenoxy) is 1. The summed E-state index contributed by atoms with van der Waals surface area (Å²) in [6.07, 6.45) is 6.42. The molecule has 0 radical (unpaired) electrons. The van der Waals surface area contributed by atoms with Gasteiger partial charge in [0.2, 0.25) is 0 Å². The minimum Gasteiger partial charge on any atom is -0.472 e. The van der Waals surface area contributed by atoms with Crippen molar-refractivity contribution >= 4 is 5.91 Å². The van der Waals surface area contributed by atoms with Crippen LogP contribution in [0.3, 0.4) is 0 Å².